The molecule has 0 spiro atoms. The highest BCUT2D eigenvalue weighted by Crippen LogP contribution is 2.18. The summed E-state index contributed by atoms with van der Waals surface area (Å²) in [6, 6.07) is 5.60. The smallest absolute Gasteiger partial charge is 0.252 e. The highest BCUT2D eigenvalue weighted by molar-refractivity contribution is 14.1. The summed E-state index contributed by atoms with van der Waals surface area (Å²) in [5.41, 5.74) is 6.11. The molecule has 0 aliphatic rings. The van der Waals surface area contributed by atoms with Gasteiger partial charge in [-0.25, -0.2) is 0 Å². The molecule has 0 fully saturated rings. The van der Waals surface area contributed by atoms with E-state index in [1.165, 1.54) is 0 Å². The van der Waals surface area contributed by atoms with Crippen molar-refractivity contribution in [1.29, 1.82) is 0 Å². The van der Waals surface area contributed by atoms with Crippen molar-refractivity contribution in [2.45, 2.75) is 13.0 Å². The van der Waals surface area contributed by atoms with Gasteiger partial charge in [0, 0.05) is 20.6 Å². The van der Waals surface area contributed by atoms with Crippen LogP contribution in [0.4, 0.5) is 0 Å². The number of hydrogen-bond donors (Lipinski definition) is 2. The van der Waals surface area contributed by atoms with E-state index < -0.39 is 0 Å². The molecule has 1 atom stereocenters. The summed E-state index contributed by atoms with van der Waals surface area (Å²) in [4.78, 5) is 11.8. The lowest BCUT2D eigenvalue weighted by atomic mass is 10.2. The molecular weight excluding hydrogens is 371 g/mol. The van der Waals surface area contributed by atoms with Crippen LogP contribution >= 0.6 is 38.5 Å². The molecule has 0 bridgehead atoms. The van der Waals surface area contributed by atoms with Gasteiger partial charge in [-0.2, -0.15) is 0 Å². The molecule has 0 unspecified atom stereocenters. The summed E-state index contributed by atoms with van der Waals surface area (Å²) >= 11 is 5.48. The summed E-state index contributed by atoms with van der Waals surface area (Å²) < 4.78 is 1.82. The molecule has 3 nitrogen and oxygen atoms in total. The van der Waals surface area contributed by atoms with Gasteiger partial charge in [0.2, 0.25) is 0 Å². The fraction of sp³-hybridized carbons (Fsp3) is 0.300. The molecule has 1 amide bonds. The van der Waals surface area contributed by atoms with E-state index in [1.807, 2.05) is 19.1 Å². The van der Waals surface area contributed by atoms with Gasteiger partial charge in [-0.3, -0.25) is 4.79 Å². The molecule has 82 valence electrons. The van der Waals surface area contributed by atoms with Gasteiger partial charge in [-0.1, -0.05) is 15.9 Å². The van der Waals surface area contributed by atoms with E-state index in [-0.39, 0.29) is 11.9 Å². The molecule has 1 rings (SSSR count). The fourth-order valence-electron chi connectivity index (χ4n) is 1.03. The number of nitrogens with one attached hydrogen (secondary N) is 1. The summed E-state index contributed by atoms with van der Waals surface area (Å²) in [7, 11) is 0. The molecule has 0 aliphatic heterocycles. The van der Waals surface area contributed by atoms with E-state index in [4.69, 9.17) is 5.73 Å². The first-order valence-corrected chi connectivity index (χ1v) is 6.37. The highest BCUT2D eigenvalue weighted by Gasteiger charge is 2.12. The zero-order chi connectivity index (χ0) is 11.4. The zero-order valence-corrected chi connectivity index (χ0v) is 12.0. The predicted molar refractivity (Wildman–Crippen MR) is 72.8 cm³/mol. The Bertz CT molecular complexity index is 370. The van der Waals surface area contributed by atoms with Crippen LogP contribution in [0.1, 0.15) is 17.3 Å². The predicted octanol–water partition coefficient (Wildman–Crippen LogP) is 2.13. The van der Waals surface area contributed by atoms with E-state index in [1.54, 1.807) is 6.07 Å². The Morgan fingerprint density at radius 3 is 2.93 bits per heavy atom. The second-order valence-corrected chi connectivity index (χ2v) is 5.31. The molecule has 5 heteroatoms. The van der Waals surface area contributed by atoms with E-state index in [2.05, 4.69) is 43.8 Å². The van der Waals surface area contributed by atoms with E-state index in [9.17, 15) is 4.79 Å². The van der Waals surface area contributed by atoms with Crippen LogP contribution in [0.5, 0.6) is 0 Å². The highest BCUT2D eigenvalue weighted by atomic mass is 127. The van der Waals surface area contributed by atoms with Crippen LogP contribution < -0.4 is 11.1 Å². The maximum absolute atomic E-state index is 11.8. The topological polar surface area (TPSA) is 55.1 Å². The first kappa shape index (κ1) is 12.9. The lowest BCUT2D eigenvalue weighted by molar-refractivity contribution is 0.0940. The van der Waals surface area contributed by atoms with Crippen LogP contribution in [0.25, 0.3) is 0 Å². The summed E-state index contributed by atoms with van der Waals surface area (Å²) in [5.74, 6) is -0.0846. The minimum atomic E-state index is -0.0846. The standard InChI is InChI=1S/C10H12BrIN2O/c1-6(5-13)14-10(15)8-4-7(11)2-3-9(8)12/h2-4,6H,5,13H2,1H3,(H,14,15)/t6-/m0/s1. The third-order valence-electron chi connectivity index (χ3n) is 1.90. The quantitative estimate of drug-likeness (QED) is 0.787. The lowest BCUT2D eigenvalue weighted by Gasteiger charge is -2.12. The van der Waals surface area contributed by atoms with Gasteiger partial charge in [0.15, 0.2) is 0 Å². The maximum atomic E-state index is 11.8. The lowest BCUT2D eigenvalue weighted by Crippen LogP contribution is -2.38. The molecule has 0 radical (unpaired) electrons. The van der Waals surface area contributed by atoms with Gasteiger partial charge in [0.05, 0.1) is 5.56 Å². The third-order valence-corrected chi connectivity index (χ3v) is 3.34. The molecule has 1 aromatic rings. The van der Waals surface area contributed by atoms with Gasteiger partial charge in [-0.05, 0) is 47.7 Å². The fourth-order valence-corrected chi connectivity index (χ4v) is 1.97. The van der Waals surface area contributed by atoms with Crippen molar-refractivity contribution in [3.8, 4) is 0 Å². The van der Waals surface area contributed by atoms with Gasteiger partial charge in [0.25, 0.3) is 5.91 Å². The summed E-state index contributed by atoms with van der Waals surface area (Å²) in [5, 5.41) is 2.82. The van der Waals surface area contributed by atoms with E-state index >= 15 is 0 Å². The third kappa shape index (κ3) is 3.73. The average Bonchev–Trinajstić information content (AvgIpc) is 2.21. The molecule has 15 heavy (non-hydrogen) atoms. The largest absolute Gasteiger partial charge is 0.348 e. The number of hydrogen-bond acceptors (Lipinski definition) is 2. The maximum Gasteiger partial charge on any atom is 0.252 e. The van der Waals surface area contributed by atoms with Crippen LogP contribution in [-0.2, 0) is 0 Å². The molecule has 0 aliphatic carbocycles. The normalized spacial score (nSPS) is 12.3. The number of nitrogens with two attached hydrogens (primary N) is 1. The molecule has 0 aromatic heterocycles. The molecule has 1 aromatic carbocycles. The summed E-state index contributed by atoms with van der Waals surface area (Å²) in [6.07, 6.45) is 0. The number of amides is 1. The Morgan fingerprint density at radius 2 is 2.33 bits per heavy atom. The Morgan fingerprint density at radius 1 is 1.67 bits per heavy atom. The van der Waals surface area contributed by atoms with Crippen LogP contribution in [-0.4, -0.2) is 18.5 Å². The van der Waals surface area contributed by atoms with Crippen LogP contribution in [0, 0.1) is 3.57 Å². The average molecular weight is 383 g/mol. The van der Waals surface area contributed by atoms with Crippen molar-refractivity contribution in [2.75, 3.05) is 6.54 Å². The van der Waals surface area contributed by atoms with Gasteiger partial charge < -0.3 is 11.1 Å². The van der Waals surface area contributed by atoms with Gasteiger partial charge in [-0.15, -0.1) is 0 Å². The van der Waals surface area contributed by atoms with Crippen LogP contribution in [0.15, 0.2) is 22.7 Å². The Hall–Kier alpha value is -0.140. The van der Waals surface area contributed by atoms with Crippen LogP contribution in [0.3, 0.4) is 0 Å². The van der Waals surface area contributed by atoms with Crippen molar-refractivity contribution >= 4 is 44.4 Å². The Balaban J connectivity index is 2.86. The summed E-state index contributed by atoms with van der Waals surface area (Å²) in [6.45, 7) is 2.32. The second kappa shape index (κ2) is 5.81. The minimum absolute atomic E-state index is 0.00715. The first-order valence-electron chi connectivity index (χ1n) is 4.50. The Kier molecular flexibility index (Phi) is 5.01. The van der Waals surface area contributed by atoms with Crippen molar-refractivity contribution in [3.63, 3.8) is 0 Å². The van der Waals surface area contributed by atoms with Gasteiger partial charge >= 0.3 is 0 Å². The van der Waals surface area contributed by atoms with Crippen molar-refractivity contribution in [3.05, 3.63) is 31.8 Å². The van der Waals surface area contributed by atoms with E-state index in [0.717, 1.165) is 8.04 Å². The number of carbonyl (C=O) groups is 1. The molecule has 0 saturated heterocycles. The molecule has 3 N–H and O–H groups in total. The van der Waals surface area contributed by atoms with Gasteiger partial charge in [0.1, 0.15) is 0 Å². The first-order chi connectivity index (χ1) is 7.04. The van der Waals surface area contributed by atoms with Crippen molar-refractivity contribution in [1.82, 2.24) is 5.32 Å². The van der Waals surface area contributed by atoms with Crippen molar-refractivity contribution < 1.29 is 4.79 Å². The Labute approximate surface area is 111 Å². The molecular formula is C10H12BrIN2O. The van der Waals surface area contributed by atoms with Crippen LogP contribution in [0.2, 0.25) is 0 Å². The zero-order valence-electron chi connectivity index (χ0n) is 8.26. The monoisotopic (exact) mass is 382 g/mol. The number of benzene rings is 1. The number of rotatable bonds is 3. The second-order valence-electron chi connectivity index (χ2n) is 3.23. The number of halogens is 2. The van der Waals surface area contributed by atoms with Crippen molar-refractivity contribution in [2.24, 2.45) is 5.73 Å². The SMILES string of the molecule is C[C@@H](CN)NC(=O)c1cc(Br)ccc1I. The molecule has 0 saturated carbocycles. The minimum Gasteiger partial charge on any atom is -0.348 e. The number of carbonyl (C=O) groups excluding carboxylic acids is 1. The van der Waals surface area contributed by atoms with E-state index in [0.29, 0.717) is 12.1 Å². The molecule has 0 heterocycles.